The minimum absolute atomic E-state index is 0.0641. The number of carbonyl (C=O) groups excluding carboxylic acids is 1. The number of ether oxygens (including phenoxy) is 1. The van der Waals surface area contributed by atoms with Crippen molar-refractivity contribution in [3.63, 3.8) is 0 Å². The van der Waals surface area contributed by atoms with Crippen molar-refractivity contribution in [2.45, 2.75) is 25.9 Å². The Bertz CT molecular complexity index is 755. The first-order valence-corrected chi connectivity index (χ1v) is 8.75. The summed E-state index contributed by atoms with van der Waals surface area (Å²) < 4.78 is 5.68. The Morgan fingerprint density at radius 1 is 1.15 bits per heavy atom. The molecule has 0 aliphatic carbocycles. The van der Waals surface area contributed by atoms with E-state index in [9.17, 15) is 9.59 Å². The van der Waals surface area contributed by atoms with E-state index in [0.29, 0.717) is 31.1 Å². The van der Waals surface area contributed by atoms with E-state index in [1.54, 1.807) is 23.2 Å². The standard InChI is InChI=1S/C20H22N2O4/c23-19(24)12-15-7-10-22(11-8-15)20(25)17-6-9-21-18(13-17)26-14-16-4-2-1-3-5-16/h1-6,9,13,15H,7-8,10-12,14H2,(H,23,24). The third kappa shape index (κ3) is 4.81. The van der Waals surface area contributed by atoms with Gasteiger partial charge in [-0.1, -0.05) is 30.3 Å². The van der Waals surface area contributed by atoms with Crippen LogP contribution in [0, 0.1) is 5.92 Å². The van der Waals surface area contributed by atoms with Gasteiger partial charge in [-0.3, -0.25) is 9.59 Å². The van der Waals surface area contributed by atoms with Crippen LogP contribution in [0.2, 0.25) is 0 Å². The van der Waals surface area contributed by atoms with Gasteiger partial charge in [0, 0.05) is 37.3 Å². The summed E-state index contributed by atoms with van der Waals surface area (Å²) in [4.78, 5) is 29.4. The molecule has 2 heterocycles. The highest BCUT2D eigenvalue weighted by atomic mass is 16.5. The minimum Gasteiger partial charge on any atom is -0.481 e. The Labute approximate surface area is 152 Å². The number of piperidine rings is 1. The van der Waals surface area contributed by atoms with Gasteiger partial charge in [-0.05, 0) is 30.4 Å². The lowest BCUT2D eigenvalue weighted by Gasteiger charge is -2.31. The molecule has 0 spiro atoms. The molecule has 0 bridgehead atoms. The lowest BCUT2D eigenvalue weighted by Crippen LogP contribution is -2.38. The molecule has 2 aromatic rings. The number of amides is 1. The number of carboxylic acids is 1. The second-order valence-electron chi connectivity index (χ2n) is 6.49. The third-order valence-electron chi connectivity index (χ3n) is 4.58. The molecule has 1 amide bonds. The zero-order valence-electron chi connectivity index (χ0n) is 14.5. The lowest BCUT2D eigenvalue weighted by molar-refractivity contribution is -0.138. The molecule has 1 aromatic heterocycles. The van der Waals surface area contributed by atoms with Crippen molar-refractivity contribution in [2.24, 2.45) is 5.92 Å². The fourth-order valence-corrected chi connectivity index (χ4v) is 3.12. The molecule has 1 fully saturated rings. The van der Waals surface area contributed by atoms with Crippen molar-refractivity contribution in [3.05, 3.63) is 59.8 Å². The van der Waals surface area contributed by atoms with Crippen LogP contribution in [-0.2, 0) is 11.4 Å². The Morgan fingerprint density at radius 3 is 2.58 bits per heavy atom. The predicted octanol–water partition coefficient (Wildman–Crippen LogP) is 2.99. The first-order valence-electron chi connectivity index (χ1n) is 8.75. The van der Waals surface area contributed by atoms with Crippen LogP contribution in [0.4, 0.5) is 0 Å². The molecular formula is C20H22N2O4. The van der Waals surface area contributed by atoms with Crippen molar-refractivity contribution >= 4 is 11.9 Å². The monoisotopic (exact) mass is 354 g/mol. The van der Waals surface area contributed by atoms with E-state index in [0.717, 1.165) is 18.4 Å². The molecule has 0 radical (unpaired) electrons. The normalized spacial score (nSPS) is 14.8. The first kappa shape index (κ1) is 17.9. The summed E-state index contributed by atoms with van der Waals surface area (Å²) in [5.74, 6) is -0.269. The molecule has 1 N–H and O–H groups in total. The maximum Gasteiger partial charge on any atom is 0.303 e. The van der Waals surface area contributed by atoms with Gasteiger partial charge in [-0.15, -0.1) is 0 Å². The zero-order chi connectivity index (χ0) is 18.4. The first-order chi connectivity index (χ1) is 12.6. The van der Waals surface area contributed by atoms with E-state index >= 15 is 0 Å². The van der Waals surface area contributed by atoms with E-state index in [2.05, 4.69) is 4.98 Å². The maximum absolute atomic E-state index is 12.7. The number of benzene rings is 1. The fraction of sp³-hybridized carbons (Fsp3) is 0.350. The molecule has 0 atom stereocenters. The highest BCUT2D eigenvalue weighted by molar-refractivity contribution is 5.94. The predicted molar refractivity (Wildman–Crippen MR) is 95.9 cm³/mol. The number of likely N-dealkylation sites (tertiary alicyclic amines) is 1. The number of aliphatic carboxylic acids is 1. The second kappa shape index (κ2) is 8.47. The lowest BCUT2D eigenvalue weighted by atomic mass is 9.93. The number of rotatable bonds is 6. The Kier molecular flexibility index (Phi) is 5.84. The second-order valence-corrected chi connectivity index (χ2v) is 6.49. The maximum atomic E-state index is 12.7. The summed E-state index contributed by atoms with van der Waals surface area (Å²) in [6.45, 7) is 1.56. The van der Waals surface area contributed by atoms with Crippen LogP contribution in [0.25, 0.3) is 0 Å². The molecule has 6 heteroatoms. The van der Waals surface area contributed by atoms with E-state index in [1.165, 1.54) is 0 Å². The number of hydrogen-bond donors (Lipinski definition) is 1. The van der Waals surface area contributed by atoms with Crippen molar-refractivity contribution in [3.8, 4) is 5.88 Å². The van der Waals surface area contributed by atoms with Crippen molar-refractivity contribution < 1.29 is 19.4 Å². The summed E-state index contributed by atoms with van der Waals surface area (Å²) >= 11 is 0. The number of hydrogen-bond acceptors (Lipinski definition) is 4. The van der Waals surface area contributed by atoms with Crippen LogP contribution in [-0.4, -0.2) is 40.0 Å². The number of pyridine rings is 1. The van der Waals surface area contributed by atoms with Crippen LogP contribution in [0.5, 0.6) is 5.88 Å². The molecule has 26 heavy (non-hydrogen) atoms. The molecule has 3 rings (SSSR count). The summed E-state index contributed by atoms with van der Waals surface area (Å²) in [6, 6.07) is 13.1. The Morgan fingerprint density at radius 2 is 1.88 bits per heavy atom. The molecule has 0 unspecified atom stereocenters. The van der Waals surface area contributed by atoms with Crippen molar-refractivity contribution in [2.75, 3.05) is 13.1 Å². The summed E-state index contributed by atoms with van der Waals surface area (Å²) in [7, 11) is 0. The van der Waals surface area contributed by atoms with Crippen LogP contribution >= 0.6 is 0 Å². The SMILES string of the molecule is O=C(O)CC1CCN(C(=O)c2ccnc(OCc3ccccc3)c2)CC1. The van der Waals surface area contributed by atoms with Gasteiger partial charge in [0.05, 0.1) is 0 Å². The smallest absolute Gasteiger partial charge is 0.303 e. The Balaban J connectivity index is 1.57. The molecule has 1 aliphatic rings. The number of nitrogens with zero attached hydrogens (tertiary/aromatic N) is 2. The quantitative estimate of drug-likeness (QED) is 0.863. The molecule has 136 valence electrons. The summed E-state index contributed by atoms with van der Waals surface area (Å²) in [5, 5.41) is 8.88. The number of aromatic nitrogens is 1. The highest BCUT2D eigenvalue weighted by Crippen LogP contribution is 2.22. The molecule has 0 saturated carbocycles. The van der Waals surface area contributed by atoms with E-state index in [4.69, 9.17) is 9.84 Å². The van der Waals surface area contributed by atoms with Gasteiger partial charge in [-0.2, -0.15) is 0 Å². The van der Waals surface area contributed by atoms with E-state index < -0.39 is 5.97 Å². The van der Waals surface area contributed by atoms with E-state index in [-0.39, 0.29) is 18.2 Å². The molecule has 1 aromatic carbocycles. The Hall–Kier alpha value is -2.89. The van der Waals surface area contributed by atoms with Crippen LogP contribution in [0.15, 0.2) is 48.7 Å². The van der Waals surface area contributed by atoms with Crippen molar-refractivity contribution in [1.29, 1.82) is 0 Å². The average Bonchev–Trinajstić information content (AvgIpc) is 2.67. The number of carboxylic acid groups (broad SMARTS) is 1. The van der Waals surface area contributed by atoms with Gasteiger partial charge in [0.25, 0.3) is 5.91 Å². The third-order valence-corrected chi connectivity index (χ3v) is 4.58. The van der Waals surface area contributed by atoms with Crippen LogP contribution in [0.3, 0.4) is 0 Å². The van der Waals surface area contributed by atoms with E-state index in [1.807, 2.05) is 30.3 Å². The summed E-state index contributed by atoms with van der Waals surface area (Å²) in [5.41, 5.74) is 1.58. The topological polar surface area (TPSA) is 79.7 Å². The van der Waals surface area contributed by atoms with Crippen LogP contribution < -0.4 is 4.74 Å². The molecule has 1 saturated heterocycles. The van der Waals surface area contributed by atoms with Gasteiger partial charge in [0.1, 0.15) is 6.61 Å². The summed E-state index contributed by atoms with van der Waals surface area (Å²) in [6.07, 6.45) is 3.19. The molecule has 1 aliphatic heterocycles. The van der Waals surface area contributed by atoms with Gasteiger partial charge in [-0.25, -0.2) is 4.98 Å². The number of carbonyl (C=O) groups is 2. The average molecular weight is 354 g/mol. The fourth-order valence-electron chi connectivity index (χ4n) is 3.12. The minimum atomic E-state index is -0.774. The van der Waals surface area contributed by atoms with Crippen LogP contribution in [0.1, 0.15) is 35.2 Å². The highest BCUT2D eigenvalue weighted by Gasteiger charge is 2.25. The largest absolute Gasteiger partial charge is 0.481 e. The van der Waals surface area contributed by atoms with Crippen molar-refractivity contribution in [1.82, 2.24) is 9.88 Å². The van der Waals surface area contributed by atoms with Gasteiger partial charge in [0.2, 0.25) is 5.88 Å². The zero-order valence-corrected chi connectivity index (χ0v) is 14.5. The molecule has 6 nitrogen and oxygen atoms in total. The van der Waals surface area contributed by atoms with Gasteiger partial charge >= 0.3 is 5.97 Å². The van der Waals surface area contributed by atoms with Gasteiger partial charge < -0.3 is 14.7 Å². The molecular weight excluding hydrogens is 332 g/mol. The van der Waals surface area contributed by atoms with Gasteiger partial charge in [0.15, 0.2) is 0 Å².